The maximum Gasteiger partial charge on any atom is 0.251 e. The molecule has 0 bridgehead atoms. The standard InChI is InChI=1S/C26H23BrN2O4/c1-15-4-6-16(7-5-15)25(30)26-29-21(19-13-18(27)9-11-22(19)33-26)14-20(28-29)17-8-10-23(31-2)24(12-17)32-3/h4-13,21,26H,14H2,1-3H3/t21-,26-/m1/s1. The summed E-state index contributed by atoms with van der Waals surface area (Å²) in [4.78, 5) is 13.5. The van der Waals surface area contributed by atoms with Crippen molar-refractivity contribution in [2.24, 2.45) is 5.10 Å². The summed E-state index contributed by atoms with van der Waals surface area (Å²) in [6.45, 7) is 2.00. The van der Waals surface area contributed by atoms with Crippen LogP contribution in [0, 0.1) is 6.92 Å². The molecule has 0 fully saturated rings. The van der Waals surface area contributed by atoms with Gasteiger partial charge in [0, 0.05) is 27.6 Å². The predicted molar refractivity (Wildman–Crippen MR) is 129 cm³/mol. The van der Waals surface area contributed by atoms with E-state index in [2.05, 4.69) is 15.9 Å². The van der Waals surface area contributed by atoms with Crippen LogP contribution in [0.15, 0.2) is 70.2 Å². The van der Waals surface area contributed by atoms with Gasteiger partial charge >= 0.3 is 0 Å². The van der Waals surface area contributed by atoms with Gasteiger partial charge in [-0.05, 0) is 43.3 Å². The molecule has 5 rings (SSSR count). The highest BCUT2D eigenvalue weighted by molar-refractivity contribution is 9.10. The lowest BCUT2D eigenvalue weighted by molar-refractivity contribution is -0.00459. The molecule has 33 heavy (non-hydrogen) atoms. The molecule has 3 aromatic carbocycles. The van der Waals surface area contributed by atoms with Crippen LogP contribution >= 0.6 is 15.9 Å². The van der Waals surface area contributed by atoms with E-state index in [1.807, 2.05) is 67.6 Å². The third-order valence-electron chi connectivity index (χ3n) is 6.03. The van der Waals surface area contributed by atoms with E-state index in [0.717, 1.165) is 26.9 Å². The van der Waals surface area contributed by atoms with Crippen LogP contribution in [-0.4, -0.2) is 37.0 Å². The van der Waals surface area contributed by atoms with Gasteiger partial charge in [0.25, 0.3) is 6.23 Å². The summed E-state index contributed by atoms with van der Waals surface area (Å²) in [5, 5.41) is 6.67. The molecule has 6 nitrogen and oxygen atoms in total. The Bertz CT molecular complexity index is 1260. The topological polar surface area (TPSA) is 60.4 Å². The lowest BCUT2D eigenvalue weighted by Crippen LogP contribution is -2.45. The molecule has 0 spiro atoms. The monoisotopic (exact) mass is 506 g/mol. The van der Waals surface area contributed by atoms with Crippen molar-refractivity contribution in [3.63, 3.8) is 0 Å². The van der Waals surface area contributed by atoms with Gasteiger partial charge in [0.1, 0.15) is 5.75 Å². The maximum absolute atomic E-state index is 13.5. The van der Waals surface area contributed by atoms with Crippen molar-refractivity contribution in [2.45, 2.75) is 25.6 Å². The Morgan fingerprint density at radius 1 is 1.03 bits per heavy atom. The summed E-state index contributed by atoms with van der Waals surface area (Å²) in [5.74, 6) is 1.87. The van der Waals surface area contributed by atoms with Gasteiger partial charge in [-0.2, -0.15) is 5.10 Å². The molecule has 2 heterocycles. The average Bonchev–Trinajstić information content (AvgIpc) is 3.29. The molecule has 2 atom stereocenters. The van der Waals surface area contributed by atoms with Crippen LogP contribution in [0.5, 0.6) is 17.2 Å². The summed E-state index contributed by atoms with van der Waals surface area (Å²) in [5.41, 5.74) is 4.47. The molecule has 0 saturated carbocycles. The smallest absolute Gasteiger partial charge is 0.251 e. The third-order valence-corrected chi connectivity index (χ3v) is 6.52. The molecule has 0 N–H and O–H groups in total. The van der Waals surface area contributed by atoms with Crippen LogP contribution in [0.3, 0.4) is 0 Å². The molecular weight excluding hydrogens is 484 g/mol. The van der Waals surface area contributed by atoms with Crippen molar-refractivity contribution in [3.05, 3.63) is 87.4 Å². The Kier molecular flexibility index (Phi) is 5.58. The molecule has 168 valence electrons. The molecular formula is C26H23BrN2O4. The van der Waals surface area contributed by atoms with Crippen molar-refractivity contribution in [1.29, 1.82) is 0 Å². The van der Waals surface area contributed by atoms with E-state index in [1.165, 1.54) is 0 Å². The summed E-state index contributed by atoms with van der Waals surface area (Å²) in [6.07, 6.45) is -0.205. The Morgan fingerprint density at radius 2 is 1.79 bits per heavy atom. The fourth-order valence-corrected chi connectivity index (χ4v) is 4.66. The number of hydrogen-bond acceptors (Lipinski definition) is 6. The lowest BCUT2D eigenvalue weighted by atomic mass is 9.95. The number of carbonyl (C=O) groups is 1. The van der Waals surface area contributed by atoms with Gasteiger partial charge in [-0.3, -0.25) is 4.79 Å². The average molecular weight is 507 g/mol. The number of aryl methyl sites for hydroxylation is 1. The first-order chi connectivity index (χ1) is 16.0. The number of benzene rings is 3. The van der Waals surface area contributed by atoms with Crippen molar-refractivity contribution < 1.29 is 19.0 Å². The zero-order valence-electron chi connectivity index (χ0n) is 18.5. The Morgan fingerprint density at radius 3 is 2.52 bits per heavy atom. The number of carbonyl (C=O) groups excluding carboxylic acids is 1. The molecule has 0 unspecified atom stereocenters. The molecule has 3 aromatic rings. The number of ketones is 1. The minimum atomic E-state index is -0.843. The zero-order valence-corrected chi connectivity index (χ0v) is 20.1. The fraction of sp³-hybridized carbons (Fsp3) is 0.231. The Labute approximate surface area is 200 Å². The normalized spacial score (nSPS) is 18.7. The van der Waals surface area contributed by atoms with Crippen molar-refractivity contribution in [1.82, 2.24) is 5.01 Å². The fourth-order valence-electron chi connectivity index (χ4n) is 4.28. The molecule has 0 amide bonds. The minimum absolute atomic E-state index is 0.117. The summed E-state index contributed by atoms with van der Waals surface area (Å²) in [6, 6.07) is 19.0. The second kappa shape index (κ2) is 8.56. The number of methoxy groups -OCH3 is 2. The number of rotatable bonds is 5. The molecule has 0 radical (unpaired) electrons. The first-order valence-corrected chi connectivity index (χ1v) is 11.4. The van der Waals surface area contributed by atoms with Crippen LogP contribution < -0.4 is 14.2 Å². The van der Waals surface area contributed by atoms with E-state index in [4.69, 9.17) is 19.3 Å². The minimum Gasteiger partial charge on any atom is -0.493 e. The van der Waals surface area contributed by atoms with Crippen molar-refractivity contribution in [2.75, 3.05) is 14.2 Å². The van der Waals surface area contributed by atoms with Gasteiger partial charge in [-0.25, -0.2) is 5.01 Å². The number of nitrogens with zero attached hydrogens (tertiary/aromatic N) is 2. The van der Waals surface area contributed by atoms with E-state index < -0.39 is 6.23 Å². The summed E-state index contributed by atoms with van der Waals surface area (Å²) in [7, 11) is 3.22. The highest BCUT2D eigenvalue weighted by atomic mass is 79.9. The van der Waals surface area contributed by atoms with Crippen LogP contribution in [0.2, 0.25) is 0 Å². The number of ether oxygens (including phenoxy) is 3. The van der Waals surface area contributed by atoms with Crippen LogP contribution in [-0.2, 0) is 0 Å². The molecule has 0 saturated heterocycles. The largest absolute Gasteiger partial charge is 0.493 e. The Hall–Kier alpha value is -3.32. The number of Topliss-reactive ketones (excluding diaryl/α,β-unsaturated/α-hetero) is 1. The Balaban J connectivity index is 1.56. The predicted octanol–water partition coefficient (Wildman–Crippen LogP) is 5.53. The first-order valence-electron chi connectivity index (χ1n) is 10.6. The highest BCUT2D eigenvalue weighted by Gasteiger charge is 2.43. The van der Waals surface area contributed by atoms with Gasteiger partial charge in [-0.1, -0.05) is 45.8 Å². The second-order valence-electron chi connectivity index (χ2n) is 8.10. The van der Waals surface area contributed by atoms with Gasteiger partial charge < -0.3 is 14.2 Å². The van der Waals surface area contributed by atoms with E-state index in [0.29, 0.717) is 29.2 Å². The third kappa shape index (κ3) is 3.86. The quantitative estimate of drug-likeness (QED) is 0.426. The zero-order chi connectivity index (χ0) is 23.1. The molecule has 0 aliphatic carbocycles. The second-order valence-corrected chi connectivity index (χ2v) is 9.01. The van der Waals surface area contributed by atoms with Gasteiger partial charge in [0.2, 0.25) is 5.78 Å². The number of hydrazone groups is 1. The van der Waals surface area contributed by atoms with E-state index in [1.54, 1.807) is 19.2 Å². The maximum atomic E-state index is 13.5. The number of fused-ring (bicyclic) bond motifs is 3. The molecule has 2 aliphatic heterocycles. The molecule has 2 aliphatic rings. The highest BCUT2D eigenvalue weighted by Crippen LogP contribution is 2.45. The van der Waals surface area contributed by atoms with Gasteiger partial charge in [0.15, 0.2) is 11.5 Å². The van der Waals surface area contributed by atoms with E-state index in [-0.39, 0.29) is 11.8 Å². The van der Waals surface area contributed by atoms with Crippen molar-refractivity contribution in [3.8, 4) is 17.2 Å². The van der Waals surface area contributed by atoms with Crippen molar-refractivity contribution >= 4 is 27.4 Å². The summed E-state index contributed by atoms with van der Waals surface area (Å²) < 4.78 is 18.0. The number of hydrogen-bond donors (Lipinski definition) is 0. The number of halogens is 1. The SMILES string of the molecule is COc1ccc(C2=NN3[C@@H](C(=O)c4ccc(C)cc4)Oc4ccc(Br)cc4[C@H]3C2)cc1OC. The van der Waals surface area contributed by atoms with Crippen LogP contribution in [0.1, 0.15) is 39.5 Å². The van der Waals surface area contributed by atoms with Crippen LogP contribution in [0.25, 0.3) is 0 Å². The first kappa shape index (κ1) is 21.5. The lowest BCUT2D eigenvalue weighted by Gasteiger charge is -2.37. The van der Waals surface area contributed by atoms with Crippen LogP contribution in [0.4, 0.5) is 0 Å². The molecule has 0 aromatic heterocycles. The molecule has 7 heteroatoms. The van der Waals surface area contributed by atoms with E-state index >= 15 is 0 Å². The summed E-state index contributed by atoms with van der Waals surface area (Å²) >= 11 is 3.56. The van der Waals surface area contributed by atoms with E-state index in [9.17, 15) is 4.79 Å². The van der Waals surface area contributed by atoms with Gasteiger partial charge in [0.05, 0.1) is 26.0 Å². The van der Waals surface area contributed by atoms with Gasteiger partial charge in [-0.15, -0.1) is 0 Å².